The molecule has 0 spiro atoms. The Morgan fingerprint density at radius 2 is 1.58 bits per heavy atom. The van der Waals surface area contributed by atoms with E-state index in [4.69, 9.17) is 14.6 Å². The first-order chi connectivity index (χ1) is 11.2. The van der Waals surface area contributed by atoms with Crippen molar-refractivity contribution < 1.29 is 19.4 Å². The molecule has 0 fully saturated rings. The van der Waals surface area contributed by atoms with Crippen LogP contribution in [0, 0.1) is 0 Å². The Bertz CT molecular complexity index is 602. The van der Waals surface area contributed by atoms with Crippen LogP contribution in [-0.4, -0.2) is 17.9 Å². The second-order valence-electron chi connectivity index (χ2n) is 8.04. The van der Waals surface area contributed by atoms with Crippen molar-refractivity contribution in [3.63, 3.8) is 0 Å². The van der Waals surface area contributed by atoms with Crippen molar-refractivity contribution >= 4 is 6.16 Å². The predicted molar refractivity (Wildman–Crippen MR) is 95.4 cm³/mol. The van der Waals surface area contributed by atoms with E-state index in [0.29, 0.717) is 18.1 Å². The molecule has 0 radical (unpaired) electrons. The van der Waals surface area contributed by atoms with E-state index in [0.717, 1.165) is 37.7 Å². The van der Waals surface area contributed by atoms with Gasteiger partial charge in [-0.15, -0.1) is 0 Å². The smallest absolute Gasteiger partial charge is 0.490 e. The zero-order valence-corrected chi connectivity index (χ0v) is 15.6. The van der Waals surface area contributed by atoms with Gasteiger partial charge in [0.15, 0.2) is 11.5 Å². The maximum Gasteiger partial charge on any atom is 0.511 e. The van der Waals surface area contributed by atoms with Crippen LogP contribution in [0.5, 0.6) is 11.5 Å². The van der Waals surface area contributed by atoms with Crippen LogP contribution in [0.4, 0.5) is 4.79 Å². The van der Waals surface area contributed by atoms with Gasteiger partial charge in [-0.2, -0.15) is 0 Å². The van der Waals surface area contributed by atoms with Gasteiger partial charge in [0.1, 0.15) is 0 Å². The van der Waals surface area contributed by atoms with Crippen molar-refractivity contribution in [2.45, 2.75) is 77.6 Å². The van der Waals surface area contributed by atoms with Gasteiger partial charge >= 0.3 is 6.16 Å². The number of carbonyl (C=O) groups is 1. The molecule has 0 heterocycles. The van der Waals surface area contributed by atoms with E-state index in [2.05, 4.69) is 34.6 Å². The van der Waals surface area contributed by atoms with Crippen molar-refractivity contribution in [3.05, 3.63) is 23.3 Å². The van der Waals surface area contributed by atoms with Gasteiger partial charge < -0.3 is 14.6 Å². The molecule has 4 nitrogen and oxygen atoms in total. The third kappa shape index (κ3) is 4.03. The summed E-state index contributed by atoms with van der Waals surface area (Å²) in [4.78, 5) is 11.1. The van der Waals surface area contributed by atoms with Crippen LogP contribution in [0.1, 0.15) is 77.8 Å². The van der Waals surface area contributed by atoms with E-state index in [9.17, 15) is 4.79 Å². The number of unbranched alkanes of at least 4 members (excludes halogenated alkanes) is 2. The summed E-state index contributed by atoms with van der Waals surface area (Å²) in [5.74, 6) is 0.849. The van der Waals surface area contributed by atoms with Crippen molar-refractivity contribution in [1.82, 2.24) is 0 Å². The van der Waals surface area contributed by atoms with E-state index in [1.807, 2.05) is 12.1 Å². The number of fused-ring (bicyclic) bond motifs is 1. The maximum atomic E-state index is 11.1. The van der Waals surface area contributed by atoms with Crippen LogP contribution in [0.3, 0.4) is 0 Å². The first kappa shape index (κ1) is 18.6. The first-order valence-electron chi connectivity index (χ1n) is 8.90. The van der Waals surface area contributed by atoms with Gasteiger partial charge in [-0.25, -0.2) is 4.79 Å². The summed E-state index contributed by atoms with van der Waals surface area (Å²) in [5.41, 5.74) is 2.45. The van der Waals surface area contributed by atoms with Crippen LogP contribution < -0.4 is 9.47 Å². The molecule has 0 aliphatic heterocycles. The Labute approximate surface area is 145 Å². The standard InChI is InChI=1S/C20H30O4/c1-6-7-8-11-23-16-12-14-15(13-17(16)24-18(21)22)20(4,5)10-9-19(14,2)3/h12-13H,6-11H2,1-5H3,(H,21,22). The van der Waals surface area contributed by atoms with E-state index in [1.165, 1.54) is 5.56 Å². The topological polar surface area (TPSA) is 55.8 Å². The lowest BCUT2D eigenvalue weighted by molar-refractivity contribution is 0.141. The van der Waals surface area contributed by atoms with Crippen molar-refractivity contribution in [1.29, 1.82) is 0 Å². The summed E-state index contributed by atoms with van der Waals surface area (Å²) in [7, 11) is 0. The quantitative estimate of drug-likeness (QED) is 0.414. The second kappa shape index (κ2) is 7.04. The molecule has 0 atom stereocenters. The molecule has 0 aromatic heterocycles. The monoisotopic (exact) mass is 334 g/mol. The molecule has 4 heteroatoms. The van der Waals surface area contributed by atoms with Gasteiger partial charge in [0.25, 0.3) is 0 Å². The molecule has 0 saturated heterocycles. The van der Waals surface area contributed by atoms with Crippen molar-refractivity contribution in [2.75, 3.05) is 6.61 Å². The van der Waals surface area contributed by atoms with Crippen LogP contribution in [-0.2, 0) is 10.8 Å². The van der Waals surface area contributed by atoms with E-state index in [1.54, 1.807) is 0 Å². The van der Waals surface area contributed by atoms with Crippen LogP contribution >= 0.6 is 0 Å². The lowest BCUT2D eigenvalue weighted by Gasteiger charge is -2.42. The Hall–Kier alpha value is -1.71. The highest BCUT2D eigenvalue weighted by molar-refractivity contribution is 5.64. The molecule has 0 amide bonds. The fraction of sp³-hybridized carbons (Fsp3) is 0.650. The number of hydrogen-bond acceptors (Lipinski definition) is 3. The molecule has 2 rings (SSSR count). The molecule has 1 aliphatic carbocycles. The van der Waals surface area contributed by atoms with Gasteiger partial charge in [0.2, 0.25) is 0 Å². The molecule has 1 aromatic carbocycles. The first-order valence-corrected chi connectivity index (χ1v) is 8.90. The minimum absolute atomic E-state index is 0.00219. The highest BCUT2D eigenvalue weighted by Crippen LogP contribution is 2.49. The second-order valence-corrected chi connectivity index (χ2v) is 8.04. The minimum atomic E-state index is -1.30. The highest BCUT2D eigenvalue weighted by atomic mass is 16.7. The zero-order valence-electron chi connectivity index (χ0n) is 15.6. The predicted octanol–water partition coefficient (Wildman–Crippen LogP) is 5.66. The van der Waals surface area contributed by atoms with Gasteiger partial charge in [-0.05, 0) is 53.4 Å². The molecule has 1 aromatic rings. The van der Waals surface area contributed by atoms with Gasteiger partial charge in [-0.3, -0.25) is 0 Å². The van der Waals surface area contributed by atoms with E-state index in [-0.39, 0.29) is 10.8 Å². The third-order valence-electron chi connectivity index (χ3n) is 5.12. The van der Waals surface area contributed by atoms with Gasteiger partial charge in [0, 0.05) is 0 Å². The lowest BCUT2D eigenvalue weighted by Crippen LogP contribution is -2.34. The summed E-state index contributed by atoms with van der Waals surface area (Å²) < 4.78 is 10.9. The number of carboxylic acid groups (broad SMARTS) is 1. The molecular weight excluding hydrogens is 304 g/mol. The maximum absolute atomic E-state index is 11.1. The SMILES string of the molecule is CCCCCOc1cc2c(cc1OC(=O)O)C(C)(C)CCC2(C)C. The van der Waals surface area contributed by atoms with Gasteiger partial charge in [0.05, 0.1) is 6.61 Å². The van der Waals surface area contributed by atoms with Crippen molar-refractivity contribution in [2.24, 2.45) is 0 Å². The van der Waals surface area contributed by atoms with Crippen LogP contribution in [0.25, 0.3) is 0 Å². The summed E-state index contributed by atoms with van der Waals surface area (Å²) in [6, 6.07) is 3.87. The Kier molecular flexibility index (Phi) is 5.46. The summed E-state index contributed by atoms with van der Waals surface area (Å²) in [5, 5.41) is 9.06. The average molecular weight is 334 g/mol. The van der Waals surface area contributed by atoms with Gasteiger partial charge in [-0.1, -0.05) is 47.5 Å². The van der Waals surface area contributed by atoms with Crippen molar-refractivity contribution in [3.8, 4) is 11.5 Å². The number of rotatable bonds is 6. The Morgan fingerprint density at radius 3 is 2.08 bits per heavy atom. The fourth-order valence-corrected chi connectivity index (χ4v) is 3.39. The van der Waals surface area contributed by atoms with Crippen LogP contribution in [0.2, 0.25) is 0 Å². The molecule has 134 valence electrons. The number of hydrogen-bond donors (Lipinski definition) is 1. The molecular formula is C20H30O4. The molecule has 0 bridgehead atoms. The molecule has 24 heavy (non-hydrogen) atoms. The largest absolute Gasteiger partial charge is 0.511 e. The van der Waals surface area contributed by atoms with E-state index < -0.39 is 6.16 Å². The normalized spacial score (nSPS) is 17.9. The molecule has 0 unspecified atom stereocenters. The summed E-state index contributed by atoms with van der Waals surface area (Å²) in [6.45, 7) is 11.6. The highest BCUT2D eigenvalue weighted by Gasteiger charge is 2.38. The Morgan fingerprint density at radius 1 is 1.04 bits per heavy atom. The third-order valence-corrected chi connectivity index (χ3v) is 5.12. The number of benzene rings is 1. The van der Waals surface area contributed by atoms with Crippen LogP contribution in [0.15, 0.2) is 12.1 Å². The summed E-state index contributed by atoms with van der Waals surface area (Å²) >= 11 is 0. The zero-order chi connectivity index (χ0) is 18.0. The van der Waals surface area contributed by atoms with E-state index >= 15 is 0 Å². The molecule has 1 aliphatic rings. The lowest BCUT2D eigenvalue weighted by atomic mass is 9.63. The molecule has 0 saturated carbocycles. The minimum Gasteiger partial charge on any atom is -0.490 e. The molecule has 1 N–H and O–H groups in total. The Balaban J connectivity index is 2.43. The fourth-order valence-electron chi connectivity index (χ4n) is 3.39. The average Bonchev–Trinajstić information content (AvgIpc) is 2.48. The summed E-state index contributed by atoms with van der Waals surface area (Å²) in [6.07, 6.45) is 4.03. The number of ether oxygens (including phenoxy) is 2.